The van der Waals surface area contributed by atoms with Crippen LogP contribution in [-0.4, -0.2) is 69.0 Å². The molecule has 3 fully saturated rings. The van der Waals surface area contributed by atoms with Crippen LogP contribution in [0.2, 0.25) is 0 Å². The van der Waals surface area contributed by atoms with E-state index >= 15 is 0 Å². The van der Waals surface area contributed by atoms with Crippen molar-refractivity contribution in [3.05, 3.63) is 28.3 Å². The third-order valence-electron chi connectivity index (χ3n) is 5.80. The van der Waals surface area contributed by atoms with Gasteiger partial charge in [-0.25, -0.2) is 8.42 Å². The molecule has 30 heavy (non-hydrogen) atoms. The van der Waals surface area contributed by atoms with E-state index < -0.39 is 14.9 Å². The SMILES string of the molecule is O=C(NC1CC1)C1CCCN(c2ccc([N+](=O)[O-])cc2S(=O)(=O)N2CCOCC2)C1. The van der Waals surface area contributed by atoms with Crippen molar-refractivity contribution in [1.82, 2.24) is 9.62 Å². The fourth-order valence-electron chi connectivity index (χ4n) is 3.97. The van der Waals surface area contributed by atoms with Gasteiger partial charge in [-0.3, -0.25) is 14.9 Å². The summed E-state index contributed by atoms with van der Waals surface area (Å²) in [7, 11) is -3.94. The molecule has 10 nitrogen and oxygen atoms in total. The maximum Gasteiger partial charge on any atom is 0.270 e. The number of benzene rings is 1. The molecule has 2 heterocycles. The molecule has 2 saturated heterocycles. The van der Waals surface area contributed by atoms with E-state index in [9.17, 15) is 23.3 Å². The Morgan fingerprint density at radius 2 is 1.90 bits per heavy atom. The van der Waals surface area contributed by atoms with E-state index in [1.54, 1.807) is 0 Å². The molecule has 1 aromatic carbocycles. The number of hydrogen-bond donors (Lipinski definition) is 1. The minimum absolute atomic E-state index is 0.00157. The molecule has 1 unspecified atom stereocenters. The summed E-state index contributed by atoms with van der Waals surface area (Å²) in [5, 5.41) is 14.3. The van der Waals surface area contributed by atoms with Crippen LogP contribution < -0.4 is 10.2 Å². The van der Waals surface area contributed by atoms with Crippen molar-refractivity contribution < 1.29 is 22.9 Å². The van der Waals surface area contributed by atoms with Crippen LogP contribution in [0, 0.1) is 16.0 Å². The second-order valence-corrected chi connectivity index (χ2v) is 9.90. The number of non-ortho nitro benzene ring substituents is 1. The summed E-state index contributed by atoms with van der Waals surface area (Å²) in [5.74, 6) is -0.227. The summed E-state index contributed by atoms with van der Waals surface area (Å²) < 4.78 is 33.2. The van der Waals surface area contributed by atoms with E-state index in [1.165, 1.54) is 16.4 Å². The standard InChI is InChI=1S/C19H26N4O6S/c24-19(20-15-3-4-15)14-2-1-7-21(13-14)17-6-5-16(23(25)26)12-18(17)30(27,28)22-8-10-29-11-9-22/h5-6,12,14-15H,1-4,7-11,13H2,(H,20,24). The Morgan fingerprint density at radius 3 is 2.57 bits per heavy atom. The van der Waals surface area contributed by atoms with Gasteiger partial charge >= 0.3 is 0 Å². The second-order valence-electron chi connectivity index (χ2n) is 7.99. The van der Waals surface area contributed by atoms with Gasteiger partial charge in [-0.2, -0.15) is 4.31 Å². The lowest BCUT2D eigenvalue weighted by Gasteiger charge is -2.35. The van der Waals surface area contributed by atoms with Crippen LogP contribution in [-0.2, 0) is 19.6 Å². The molecule has 0 spiro atoms. The highest BCUT2D eigenvalue weighted by molar-refractivity contribution is 7.89. The smallest absolute Gasteiger partial charge is 0.270 e. The molecule has 1 atom stereocenters. The molecule has 1 aromatic rings. The summed E-state index contributed by atoms with van der Waals surface area (Å²) in [6.45, 7) is 1.97. The van der Waals surface area contributed by atoms with E-state index in [0.717, 1.165) is 31.7 Å². The number of ether oxygens (including phenoxy) is 1. The van der Waals surface area contributed by atoms with Crippen molar-refractivity contribution in [3.8, 4) is 0 Å². The Hall–Kier alpha value is -2.24. The van der Waals surface area contributed by atoms with Crippen LogP contribution in [0.3, 0.4) is 0 Å². The molecular formula is C19H26N4O6S. The van der Waals surface area contributed by atoms with Crippen molar-refractivity contribution in [2.45, 2.75) is 36.6 Å². The number of amides is 1. The number of hydrogen-bond acceptors (Lipinski definition) is 7. The van der Waals surface area contributed by atoms with Crippen molar-refractivity contribution in [2.75, 3.05) is 44.3 Å². The molecular weight excluding hydrogens is 412 g/mol. The van der Waals surface area contributed by atoms with Gasteiger partial charge < -0.3 is 15.0 Å². The Labute approximate surface area is 175 Å². The minimum Gasteiger partial charge on any atom is -0.379 e. The van der Waals surface area contributed by atoms with Crippen molar-refractivity contribution in [1.29, 1.82) is 0 Å². The first-order valence-corrected chi connectivity index (χ1v) is 11.7. The highest BCUT2D eigenvalue weighted by Crippen LogP contribution is 2.34. The van der Waals surface area contributed by atoms with Crippen LogP contribution in [0.5, 0.6) is 0 Å². The summed E-state index contributed by atoms with van der Waals surface area (Å²) in [5.41, 5.74) is 0.140. The molecule has 164 valence electrons. The topological polar surface area (TPSA) is 122 Å². The molecule has 1 saturated carbocycles. The monoisotopic (exact) mass is 438 g/mol. The average Bonchev–Trinajstić information content (AvgIpc) is 3.58. The normalized spacial score (nSPS) is 23.2. The highest BCUT2D eigenvalue weighted by atomic mass is 32.2. The molecule has 4 rings (SSSR count). The predicted octanol–water partition coefficient (Wildman–Crippen LogP) is 1.11. The lowest BCUT2D eigenvalue weighted by molar-refractivity contribution is -0.385. The number of morpholine rings is 1. The number of sulfonamides is 1. The average molecular weight is 439 g/mol. The van der Waals surface area contributed by atoms with Gasteiger partial charge in [0.25, 0.3) is 5.69 Å². The molecule has 0 bridgehead atoms. The largest absolute Gasteiger partial charge is 0.379 e. The zero-order valence-electron chi connectivity index (χ0n) is 16.7. The maximum absolute atomic E-state index is 13.3. The molecule has 1 aliphatic carbocycles. The molecule has 1 N–H and O–H groups in total. The van der Waals surface area contributed by atoms with Gasteiger partial charge in [0, 0.05) is 44.4 Å². The number of nitro groups is 1. The second kappa shape index (κ2) is 8.48. The number of carbonyl (C=O) groups excluding carboxylic acids is 1. The van der Waals surface area contributed by atoms with Crippen LogP contribution in [0.4, 0.5) is 11.4 Å². The van der Waals surface area contributed by atoms with Gasteiger partial charge in [0.15, 0.2) is 0 Å². The summed E-state index contributed by atoms with van der Waals surface area (Å²) in [6.07, 6.45) is 3.50. The maximum atomic E-state index is 13.3. The number of rotatable bonds is 6. The summed E-state index contributed by atoms with van der Waals surface area (Å²) in [4.78, 5) is 25.0. The van der Waals surface area contributed by atoms with Gasteiger partial charge in [-0.05, 0) is 31.7 Å². The highest BCUT2D eigenvalue weighted by Gasteiger charge is 2.35. The van der Waals surface area contributed by atoms with Gasteiger partial charge in [0.1, 0.15) is 4.90 Å². The van der Waals surface area contributed by atoms with E-state index in [1.807, 2.05) is 4.90 Å². The molecule has 0 radical (unpaired) electrons. The van der Waals surface area contributed by atoms with Crippen LogP contribution in [0.15, 0.2) is 23.1 Å². The van der Waals surface area contributed by atoms with E-state index in [0.29, 0.717) is 18.8 Å². The Kier molecular flexibility index (Phi) is 5.94. The molecule has 2 aliphatic heterocycles. The molecule has 3 aliphatic rings. The molecule has 11 heteroatoms. The lowest BCUT2D eigenvalue weighted by Crippen LogP contribution is -2.45. The van der Waals surface area contributed by atoms with Gasteiger partial charge in [-0.1, -0.05) is 0 Å². The number of nitrogens with zero attached hydrogens (tertiary/aromatic N) is 3. The van der Waals surface area contributed by atoms with Gasteiger partial charge in [0.2, 0.25) is 15.9 Å². The minimum atomic E-state index is -3.94. The zero-order chi connectivity index (χ0) is 21.3. The van der Waals surface area contributed by atoms with E-state index in [4.69, 9.17) is 4.74 Å². The number of nitro benzene ring substituents is 1. The lowest BCUT2D eigenvalue weighted by atomic mass is 9.96. The number of anilines is 1. The first kappa shape index (κ1) is 21.0. The van der Waals surface area contributed by atoms with Gasteiger partial charge in [0.05, 0.1) is 29.7 Å². The Balaban J connectivity index is 1.64. The van der Waals surface area contributed by atoms with E-state index in [-0.39, 0.29) is 54.8 Å². The first-order chi connectivity index (χ1) is 14.4. The van der Waals surface area contributed by atoms with Crippen molar-refractivity contribution >= 4 is 27.3 Å². The number of piperidine rings is 1. The Morgan fingerprint density at radius 1 is 1.17 bits per heavy atom. The van der Waals surface area contributed by atoms with Crippen LogP contribution in [0.1, 0.15) is 25.7 Å². The molecule has 0 aromatic heterocycles. The third kappa shape index (κ3) is 4.42. The van der Waals surface area contributed by atoms with Crippen molar-refractivity contribution in [3.63, 3.8) is 0 Å². The van der Waals surface area contributed by atoms with Crippen molar-refractivity contribution in [2.24, 2.45) is 5.92 Å². The Bertz CT molecular complexity index is 927. The number of nitrogens with one attached hydrogen (secondary N) is 1. The fourth-order valence-corrected chi connectivity index (χ4v) is 5.61. The fraction of sp³-hybridized carbons (Fsp3) is 0.632. The summed E-state index contributed by atoms with van der Waals surface area (Å²) in [6, 6.07) is 4.21. The van der Waals surface area contributed by atoms with Gasteiger partial charge in [-0.15, -0.1) is 0 Å². The predicted molar refractivity (Wildman–Crippen MR) is 109 cm³/mol. The van der Waals surface area contributed by atoms with Crippen LogP contribution >= 0.6 is 0 Å². The summed E-state index contributed by atoms with van der Waals surface area (Å²) >= 11 is 0. The first-order valence-electron chi connectivity index (χ1n) is 10.3. The van der Waals surface area contributed by atoms with Crippen LogP contribution in [0.25, 0.3) is 0 Å². The zero-order valence-corrected chi connectivity index (χ0v) is 17.5. The third-order valence-corrected chi connectivity index (χ3v) is 7.73. The number of carbonyl (C=O) groups is 1. The van der Waals surface area contributed by atoms with E-state index in [2.05, 4.69) is 5.32 Å². The quantitative estimate of drug-likeness (QED) is 0.521. The molecule has 1 amide bonds.